The Morgan fingerprint density at radius 2 is 1.63 bits per heavy atom. The van der Waals surface area contributed by atoms with Crippen molar-refractivity contribution in [2.75, 3.05) is 7.11 Å². The number of hydrogen-bond donors (Lipinski definition) is 1. The number of esters is 1. The predicted octanol–water partition coefficient (Wildman–Crippen LogP) is 3.16. The van der Waals surface area contributed by atoms with Crippen LogP contribution in [0.1, 0.15) is 19.4 Å². The monoisotopic (exact) mass is 264 g/mol. The normalized spacial score (nSPS) is 7.74. The lowest BCUT2D eigenvalue weighted by Crippen LogP contribution is -1.98. The molecule has 1 aromatic carbocycles. The van der Waals surface area contributed by atoms with E-state index in [1.54, 1.807) is 6.92 Å². The van der Waals surface area contributed by atoms with E-state index in [0.29, 0.717) is 5.57 Å². The maximum Gasteiger partial charge on any atom is 0.332 e. The summed E-state index contributed by atoms with van der Waals surface area (Å²) in [6.45, 7) is 9.67. The molecular weight excluding hydrogens is 244 g/mol. The lowest BCUT2D eigenvalue weighted by Gasteiger charge is -1.91. The quantitative estimate of drug-likeness (QED) is 0.658. The van der Waals surface area contributed by atoms with Gasteiger partial charge in [-0.15, -0.1) is 0 Å². The molecule has 0 aromatic heterocycles. The van der Waals surface area contributed by atoms with Crippen molar-refractivity contribution in [3.05, 3.63) is 54.6 Å². The standard InChI is InChI=1S/C8H8.C5H8O2.C2H4O2/c1-2-8-6-4-3-5-7-8;1-4(2)5(6)7-3;1-2(3)4/h2-7H,1H2;1H2,2-3H3;1H3,(H,3,4). The van der Waals surface area contributed by atoms with Gasteiger partial charge in [-0.1, -0.05) is 49.6 Å². The van der Waals surface area contributed by atoms with Crippen LogP contribution < -0.4 is 0 Å². The number of ether oxygens (including phenoxy) is 1. The number of hydrogen-bond acceptors (Lipinski definition) is 3. The van der Waals surface area contributed by atoms with Crippen molar-refractivity contribution < 1.29 is 19.4 Å². The molecule has 1 aromatic rings. The lowest BCUT2D eigenvalue weighted by molar-refractivity contribution is -0.136. The average Bonchev–Trinajstić information content (AvgIpc) is 2.38. The summed E-state index contributed by atoms with van der Waals surface area (Å²) in [6, 6.07) is 10.0. The van der Waals surface area contributed by atoms with Crippen LogP contribution >= 0.6 is 0 Å². The SMILES string of the molecule is C=C(C)C(=O)OC.C=Cc1ccccc1.CC(=O)O. The molecule has 0 saturated carbocycles. The molecule has 0 aliphatic heterocycles. The number of methoxy groups -OCH3 is 1. The molecule has 4 nitrogen and oxygen atoms in total. The average molecular weight is 264 g/mol. The molecule has 0 heterocycles. The van der Waals surface area contributed by atoms with Crippen molar-refractivity contribution in [3.63, 3.8) is 0 Å². The van der Waals surface area contributed by atoms with E-state index in [1.165, 1.54) is 12.7 Å². The number of aliphatic carboxylic acids is 1. The van der Waals surface area contributed by atoms with Gasteiger partial charge in [0.1, 0.15) is 0 Å². The molecule has 4 heteroatoms. The summed E-state index contributed by atoms with van der Waals surface area (Å²) >= 11 is 0. The highest BCUT2D eigenvalue weighted by Crippen LogP contribution is 1.97. The summed E-state index contributed by atoms with van der Waals surface area (Å²) < 4.78 is 4.27. The zero-order valence-corrected chi connectivity index (χ0v) is 11.6. The van der Waals surface area contributed by atoms with Gasteiger partial charge in [0.2, 0.25) is 0 Å². The first-order chi connectivity index (χ1) is 8.84. The van der Waals surface area contributed by atoms with Gasteiger partial charge in [0.05, 0.1) is 7.11 Å². The van der Waals surface area contributed by atoms with Crippen LogP contribution in [0.15, 0.2) is 49.1 Å². The Bertz CT molecular complexity index is 403. The van der Waals surface area contributed by atoms with E-state index in [0.717, 1.165) is 6.92 Å². The third-order valence-electron chi connectivity index (χ3n) is 1.57. The van der Waals surface area contributed by atoms with Crippen LogP contribution in [-0.2, 0) is 14.3 Å². The smallest absolute Gasteiger partial charge is 0.332 e. The number of benzene rings is 1. The van der Waals surface area contributed by atoms with Crippen LogP contribution in [0.3, 0.4) is 0 Å². The first-order valence-corrected chi connectivity index (χ1v) is 5.46. The van der Waals surface area contributed by atoms with E-state index in [2.05, 4.69) is 17.9 Å². The second kappa shape index (κ2) is 12.1. The highest BCUT2D eigenvalue weighted by molar-refractivity contribution is 5.86. The minimum Gasteiger partial charge on any atom is -0.481 e. The largest absolute Gasteiger partial charge is 0.481 e. The summed E-state index contributed by atoms with van der Waals surface area (Å²) in [6.07, 6.45) is 1.83. The fraction of sp³-hybridized carbons (Fsp3) is 0.200. The first-order valence-electron chi connectivity index (χ1n) is 5.46. The van der Waals surface area contributed by atoms with Crippen LogP contribution in [0.4, 0.5) is 0 Å². The topological polar surface area (TPSA) is 63.6 Å². The van der Waals surface area contributed by atoms with E-state index >= 15 is 0 Å². The molecule has 0 unspecified atom stereocenters. The molecule has 104 valence electrons. The summed E-state index contributed by atoms with van der Waals surface area (Å²) in [7, 11) is 1.33. The molecule has 0 bridgehead atoms. The minimum absolute atomic E-state index is 0.347. The second-order valence-electron chi connectivity index (χ2n) is 3.41. The number of rotatable bonds is 2. The van der Waals surface area contributed by atoms with Gasteiger partial charge in [0, 0.05) is 12.5 Å². The van der Waals surface area contributed by atoms with Crippen LogP contribution in [-0.4, -0.2) is 24.2 Å². The Kier molecular flexibility index (Phi) is 12.1. The highest BCUT2D eigenvalue weighted by Gasteiger charge is 1.95. The third kappa shape index (κ3) is 15.6. The maximum atomic E-state index is 10.2. The van der Waals surface area contributed by atoms with Crippen molar-refractivity contribution in [2.24, 2.45) is 0 Å². The minimum atomic E-state index is -0.833. The number of carbonyl (C=O) groups excluding carboxylic acids is 1. The molecule has 0 radical (unpaired) electrons. The molecule has 1 N–H and O–H groups in total. The Morgan fingerprint density at radius 1 is 1.21 bits per heavy atom. The zero-order valence-electron chi connectivity index (χ0n) is 11.6. The van der Waals surface area contributed by atoms with Gasteiger partial charge in [0.15, 0.2) is 0 Å². The van der Waals surface area contributed by atoms with E-state index in [4.69, 9.17) is 9.90 Å². The van der Waals surface area contributed by atoms with Crippen molar-refractivity contribution >= 4 is 18.0 Å². The molecular formula is C15H20O4. The number of carboxylic acids is 1. The molecule has 0 spiro atoms. The molecule has 0 aliphatic rings. The summed E-state index contributed by atoms with van der Waals surface area (Å²) in [5.41, 5.74) is 1.61. The van der Waals surface area contributed by atoms with Crippen LogP contribution in [0.5, 0.6) is 0 Å². The van der Waals surface area contributed by atoms with Gasteiger partial charge < -0.3 is 9.84 Å². The molecule has 0 atom stereocenters. The third-order valence-corrected chi connectivity index (χ3v) is 1.57. The van der Waals surface area contributed by atoms with Gasteiger partial charge in [-0.25, -0.2) is 4.79 Å². The van der Waals surface area contributed by atoms with Crippen LogP contribution in [0.2, 0.25) is 0 Å². The van der Waals surface area contributed by atoms with Crippen molar-refractivity contribution in [2.45, 2.75) is 13.8 Å². The maximum absolute atomic E-state index is 10.2. The van der Waals surface area contributed by atoms with Crippen molar-refractivity contribution in [3.8, 4) is 0 Å². The Balaban J connectivity index is 0. The fourth-order valence-electron chi connectivity index (χ4n) is 0.763. The molecule has 19 heavy (non-hydrogen) atoms. The van der Waals surface area contributed by atoms with Crippen LogP contribution in [0.25, 0.3) is 6.08 Å². The van der Waals surface area contributed by atoms with Gasteiger partial charge >= 0.3 is 5.97 Å². The van der Waals surface area contributed by atoms with Crippen molar-refractivity contribution in [1.82, 2.24) is 0 Å². The fourth-order valence-corrected chi connectivity index (χ4v) is 0.763. The molecule has 0 saturated heterocycles. The summed E-state index contributed by atoms with van der Waals surface area (Å²) in [5, 5.41) is 7.42. The van der Waals surface area contributed by atoms with E-state index in [9.17, 15) is 4.79 Å². The second-order valence-corrected chi connectivity index (χ2v) is 3.41. The van der Waals surface area contributed by atoms with Gasteiger partial charge in [0.25, 0.3) is 5.97 Å². The summed E-state index contributed by atoms with van der Waals surface area (Å²) in [4.78, 5) is 19.2. The predicted molar refractivity (Wildman–Crippen MR) is 76.7 cm³/mol. The van der Waals surface area contributed by atoms with Crippen molar-refractivity contribution in [1.29, 1.82) is 0 Å². The number of carboxylic acid groups (broad SMARTS) is 1. The Morgan fingerprint density at radius 3 is 1.79 bits per heavy atom. The van der Waals surface area contributed by atoms with E-state index in [1.807, 2.05) is 36.4 Å². The molecule has 0 aliphatic carbocycles. The molecule has 1 rings (SSSR count). The lowest BCUT2D eigenvalue weighted by atomic mass is 10.2. The molecule has 0 fully saturated rings. The number of carbonyl (C=O) groups is 2. The van der Waals surface area contributed by atoms with E-state index < -0.39 is 5.97 Å². The zero-order chi connectivity index (χ0) is 15.3. The van der Waals surface area contributed by atoms with Gasteiger partial charge in [-0.2, -0.15) is 0 Å². The Hall–Kier alpha value is -2.36. The van der Waals surface area contributed by atoms with E-state index in [-0.39, 0.29) is 5.97 Å². The molecule has 0 amide bonds. The highest BCUT2D eigenvalue weighted by atomic mass is 16.5. The Labute approximate surface area is 114 Å². The van der Waals surface area contributed by atoms with Gasteiger partial charge in [-0.05, 0) is 12.5 Å². The summed E-state index contributed by atoms with van der Waals surface area (Å²) in [5.74, 6) is -1.18. The van der Waals surface area contributed by atoms with Crippen LogP contribution in [0, 0.1) is 0 Å². The van der Waals surface area contributed by atoms with Gasteiger partial charge in [-0.3, -0.25) is 4.79 Å². The first kappa shape index (κ1) is 19.0.